The van der Waals surface area contributed by atoms with Crippen LogP contribution in [0.3, 0.4) is 0 Å². The molecule has 1 heterocycles. The summed E-state index contributed by atoms with van der Waals surface area (Å²) in [5.41, 5.74) is 2.10. The van der Waals surface area contributed by atoms with E-state index in [9.17, 15) is 14.7 Å². The molecule has 0 aromatic heterocycles. The molecule has 2 rings (SSSR count). The van der Waals surface area contributed by atoms with E-state index in [2.05, 4.69) is 0 Å². The monoisotopic (exact) mass is 247 g/mol. The van der Waals surface area contributed by atoms with Crippen molar-refractivity contribution < 1.29 is 14.7 Å². The molecule has 0 unspecified atom stereocenters. The Hall–Kier alpha value is -1.84. The van der Waals surface area contributed by atoms with E-state index in [-0.39, 0.29) is 5.91 Å². The Bertz CT molecular complexity index is 470. The van der Waals surface area contributed by atoms with Crippen LogP contribution < -0.4 is 0 Å². The Balaban J connectivity index is 2.21. The largest absolute Gasteiger partial charge is 0.480 e. The van der Waals surface area contributed by atoms with E-state index in [1.165, 1.54) is 4.90 Å². The predicted octanol–water partition coefficient (Wildman–Crippen LogP) is 1.96. The summed E-state index contributed by atoms with van der Waals surface area (Å²) in [6.45, 7) is 2.36. The van der Waals surface area contributed by atoms with Crippen molar-refractivity contribution in [1.29, 1.82) is 0 Å². The van der Waals surface area contributed by atoms with E-state index >= 15 is 0 Å². The lowest BCUT2D eigenvalue weighted by Crippen LogP contribution is -2.47. The van der Waals surface area contributed by atoms with Crippen LogP contribution in [0.25, 0.3) is 0 Å². The van der Waals surface area contributed by atoms with Gasteiger partial charge >= 0.3 is 5.97 Å². The van der Waals surface area contributed by atoms with Gasteiger partial charge in [0.25, 0.3) is 0 Å². The molecule has 18 heavy (non-hydrogen) atoms. The van der Waals surface area contributed by atoms with Gasteiger partial charge in [0.05, 0.1) is 0 Å². The maximum Gasteiger partial charge on any atom is 0.326 e. The van der Waals surface area contributed by atoms with E-state index in [0.717, 1.165) is 11.1 Å². The summed E-state index contributed by atoms with van der Waals surface area (Å²) in [7, 11) is 0. The van der Waals surface area contributed by atoms with Crippen molar-refractivity contribution in [2.45, 2.75) is 38.8 Å². The molecule has 0 spiro atoms. The molecular formula is C14H17NO3. The molecule has 0 aliphatic carbocycles. The van der Waals surface area contributed by atoms with Gasteiger partial charge in [-0.25, -0.2) is 4.79 Å². The summed E-state index contributed by atoms with van der Waals surface area (Å²) in [5.74, 6) is -0.964. The summed E-state index contributed by atoms with van der Waals surface area (Å²) >= 11 is 0. The number of carboxylic acids is 1. The number of benzene rings is 1. The van der Waals surface area contributed by atoms with E-state index in [4.69, 9.17) is 0 Å². The summed E-state index contributed by atoms with van der Waals surface area (Å²) in [5, 5.41) is 9.18. The molecule has 1 fully saturated rings. The fourth-order valence-electron chi connectivity index (χ4n) is 2.35. The number of likely N-dealkylation sites (tertiary alicyclic amines) is 1. The van der Waals surface area contributed by atoms with Crippen LogP contribution >= 0.6 is 0 Å². The molecule has 96 valence electrons. The predicted molar refractivity (Wildman–Crippen MR) is 67.0 cm³/mol. The smallest absolute Gasteiger partial charge is 0.326 e. The molecule has 0 bridgehead atoms. The minimum absolute atomic E-state index is 0.0584. The van der Waals surface area contributed by atoms with Gasteiger partial charge < -0.3 is 10.0 Å². The first kappa shape index (κ1) is 12.6. The molecule has 1 saturated heterocycles. The third-order valence-electron chi connectivity index (χ3n) is 3.45. The highest BCUT2D eigenvalue weighted by Crippen LogP contribution is 2.22. The minimum Gasteiger partial charge on any atom is -0.480 e. The molecule has 4 heteroatoms. The molecule has 4 nitrogen and oxygen atoms in total. The van der Waals surface area contributed by atoms with Gasteiger partial charge in [-0.2, -0.15) is 0 Å². The summed E-state index contributed by atoms with van der Waals surface area (Å²) in [4.78, 5) is 24.6. The number of carboxylic acid groups (broad SMARTS) is 1. The van der Waals surface area contributed by atoms with Gasteiger partial charge in [-0.15, -0.1) is 0 Å². The zero-order valence-electron chi connectivity index (χ0n) is 10.4. The number of aliphatic carboxylic acids is 1. The van der Waals surface area contributed by atoms with Crippen LogP contribution in [0.2, 0.25) is 0 Å². The molecule has 0 saturated carbocycles. The number of piperidine rings is 1. The molecule has 1 atom stereocenters. The number of aryl methyl sites for hydroxylation is 1. The van der Waals surface area contributed by atoms with Crippen LogP contribution in [0.15, 0.2) is 24.3 Å². The van der Waals surface area contributed by atoms with Gasteiger partial charge in [-0.05, 0) is 30.9 Å². The van der Waals surface area contributed by atoms with Gasteiger partial charge in [0.2, 0.25) is 5.91 Å². The topological polar surface area (TPSA) is 57.6 Å². The highest BCUT2D eigenvalue weighted by Gasteiger charge is 2.33. The van der Waals surface area contributed by atoms with Crippen molar-refractivity contribution >= 4 is 11.9 Å². The fourth-order valence-corrected chi connectivity index (χ4v) is 2.35. The minimum atomic E-state index is -0.906. The zero-order valence-corrected chi connectivity index (χ0v) is 10.4. The van der Waals surface area contributed by atoms with E-state index in [1.54, 1.807) is 0 Å². The quantitative estimate of drug-likeness (QED) is 0.888. The van der Waals surface area contributed by atoms with Crippen LogP contribution in [-0.4, -0.2) is 27.9 Å². The van der Waals surface area contributed by atoms with Crippen molar-refractivity contribution in [2.75, 3.05) is 0 Å². The third kappa shape index (κ3) is 2.53. The number of rotatable bonds is 3. The zero-order chi connectivity index (χ0) is 13.1. The average molecular weight is 247 g/mol. The number of carbonyl (C=O) groups is 2. The standard InChI is InChI=1S/C14H17NO3/c1-10-5-2-3-6-11(10)9-15-12(14(17)18)7-4-8-13(15)16/h2-3,5-6,12H,4,7-9H2,1H3,(H,17,18)/t12-/m1/s1. The van der Waals surface area contributed by atoms with Crippen molar-refractivity contribution in [1.82, 2.24) is 4.90 Å². The lowest BCUT2D eigenvalue weighted by Gasteiger charge is -2.33. The third-order valence-corrected chi connectivity index (χ3v) is 3.45. The summed E-state index contributed by atoms with van der Waals surface area (Å²) in [6, 6.07) is 7.08. The van der Waals surface area contributed by atoms with E-state index in [1.807, 2.05) is 31.2 Å². The second kappa shape index (κ2) is 5.21. The van der Waals surface area contributed by atoms with Crippen molar-refractivity contribution in [3.63, 3.8) is 0 Å². The molecule has 0 radical (unpaired) electrons. The van der Waals surface area contributed by atoms with E-state index in [0.29, 0.717) is 25.8 Å². The van der Waals surface area contributed by atoms with Crippen LogP contribution in [0.1, 0.15) is 30.4 Å². The van der Waals surface area contributed by atoms with Gasteiger partial charge in [-0.3, -0.25) is 4.79 Å². The maximum absolute atomic E-state index is 11.9. The Kier molecular flexibility index (Phi) is 3.65. The number of hydrogen-bond donors (Lipinski definition) is 1. The Labute approximate surface area is 106 Å². The van der Waals surface area contributed by atoms with Gasteiger partial charge in [-0.1, -0.05) is 24.3 Å². The second-order valence-corrected chi connectivity index (χ2v) is 4.69. The van der Waals surface area contributed by atoms with Gasteiger partial charge in [0, 0.05) is 13.0 Å². The lowest BCUT2D eigenvalue weighted by atomic mass is 9.99. The first-order valence-electron chi connectivity index (χ1n) is 6.16. The van der Waals surface area contributed by atoms with Crippen LogP contribution in [-0.2, 0) is 16.1 Å². The maximum atomic E-state index is 11.9. The number of carbonyl (C=O) groups excluding carboxylic acids is 1. The number of nitrogens with zero attached hydrogens (tertiary/aromatic N) is 1. The first-order chi connectivity index (χ1) is 8.59. The van der Waals surface area contributed by atoms with Crippen LogP contribution in [0, 0.1) is 6.92 Å². The number of amides is 1. The molecule has 1 aromatic carbocycles. The Morgan fingerprint density at radius 1 is 1.44 bits per heavy atom. The second-order valence-electron chi connectivity index (χ2n) is 4.69. The van der Waals surface area contributed by atoms with Crippen molar-refractivity contribution in [3.8, 4) is 0 Å². The van der Waals surface area contributed by atoms with Gasteiger partial charge in [0.15, 0.2) is 0 Å². The Morgan fingerprint density at radius 3 is 2.83 bits per heavy atom. The highest BCUT2D eigenvalue weighted by molar-refractivity contribution is 5.84. The molecule has 1 aliphatic rings. The summed E-state index contributed by atoms with van der Waals surface area (Å²) < 4.78 is 0. The normalized spacial score (nSPS) is 19.9. The highest BCUT2D eigenvalue weighted by atomic mass is 16.4. The van der Waals surface area contributed by atoms with Crippen molar-refractivity contribution in [2.24, 2.45) is 0 Å². The fraction of sp³-hybridized carbons (Fsp3) is 0.429. The Morgan fingerprint density at radius 2 is 2.17 bits per heavy atom. The van der Waals surface area contributed by atoms with E-state index < -0.39 is 12.0 Å². The number of hydrogen-bond acceptors (Lipinski definition) is 2. The summed E-state index contributed by atoms with van der Waals surface area (Å²) in [6.07, 6.45) is 1.67. The molecule has 1 aromatic rings. The molecular weight excluding hydrogens is 230 g/mol. The SMILES string of the molecule is Cc1ccccc1CN1C(=O)CCC[C@@H]1C(=O)O. The average Bonchev–Trinajstić information content (AvgIpc) is 2.34. The van der Waals surface area contributed by atoms with Crippen LogP contribution in [0.5, 0.6) is 0 Å². The molecule has 1 N–H and O–H groups in total. The first-order valence-corrected chi connectivity index (χ1v) is 6.16. The van der Waals surface area contributed by atoms with Crippen LogP contribution in [0.4, 0.5) is 0 Å². The lowest BCUT2D eigenvalue weighted by molar-refractivity contribution is -0.153. The molecule has 1 amide bonds. The van der Waals surface area contributed by atoms with Crippen molar-refractivity contribution in [3.05, 3.63) is 35.4 Å². The van der Waals surface area contributed by atoms with Gasteiger partial charge in [0.1, 0.15) is 6.04 Å². The molecule has 1 aliphatic heterocycles.